The summed E-state index contributed by atoms with van der Waals surface area (Å²) in [6, 6.07) is 1.41. The van der Waals surface area contributed by atoms with Gasteiger partial charge in [-0.05, 0) is 25.0 Å². The number of alkyl halides is 1. The van der Waals surface area contributed by atoms with Crippen molar-refractivity contribution in [2.75, 3.05) is 13.1 Å². The van der Waals surface area contributed by atoms with Gasteiger partial charge in [-0.2, -0.15) is 0 Å². The van der Waals surface area contributed by atoms with Crippen LogP contribution in [0, 0.1) is 17.5 Å². The molecule has 1 saturated heterocycles. The van der Waals surface area contributed by atoms with Gasteiger partial charge in [0.1, 0.15) is 0 Å². The minimum absolute atomic E-state index is 0.155. The number of rotatable bonds is 1. The first-order valence-corrected chi connectivity index (χ1v) is 6.00. The van der Waals surface area contributed by atoms with E-state index in [0.29, 0.717) is 25.2 Å². The molecule has 1 aliphatic heterocycles. The highest BCUT2D eigenvalue weighted by Gasteiger charge is 2.24. The van der Waals surface area contributed by atoms with E-state index >= 15 is 0 Å². The highest BCUT2D eigenvalue weighted by molar-refractivity contribution is 6.21. The van der Waals surface area contributed by atoms with Gasteiger partial charge in [0.15, 0.2) is 17.5 Å². The Morgan fingerprint density at radius 1 is 1.28 bits per heavy atom. The van der Waals surface area contributed by atoms with Gasteiger partial charge in [0.25, 0.3) is 5.91 Å². The molecule has 1 aromatic rings. The number of likely N-dealkylation sites (tertiary alicyclic amines) is 1. The number of hydrogen-bond donors (Lipinski definition) is 0. The minimum Gasteiger partial charge on any atom is -0.337 e. The zero-order valence-corrected chi connectivity index (χ0v) is 10.2. The molecule has 18 heavy (non-hydrogen) atoms. The second kappa shape index (κ2) is 5.18. The fourth-order valence-corrected chi connectivity index (χ4v) is 2.29. The predicted octanol–water partition coefficient (Wildman–Crippen LogP) is 2.95. The lowest BCUT2D eigenvalue weighted by atomic mass is 10.1. The van der Waals surface area contributed by atoms with Crippen LogP contribution < -0.4 is 0 Å². The largest absolute Gasteiger partial charge is 0.337 e. The normalized spacial score (nSPS) is 20.0. The topological polar surface area (TPSA) is 20.3 Å². The van der Waals surface area contributed by atoms with Crippen LogP contribution in [0.25, 0.3) is 0 Å². The second-order valence-electron chi connectivity index (χ2n) is 4.24. The van der Waals surface area contributed by atoms with Crippen molar-refractivity contribution in [3.8, 4) is 0 Å². The Bertz CT molecular complexity index is 457. The third-order valence-corrected chi connectivity index (χ3v) is 3.24. The summed E-state index contributed by atoms with van der Waals surface area (Å²) < 4.78 is 38.8. The zero-order valence-electron chi connectivity index (χ0n) is 9.43. The van der Waals surface area contributed by atoms with Gasteiger partial charge in [-0.15, -0.1) is 11.6 Å². The number of halogens is 4. The third-order valence-electron chi connectivity index (χ3n) is 2.88. The maximum absolute atomic E-state index is 13.0. The molecule has 0 aromatic heterocycles. The molecular weight excluding hydrogens is 267 g/mol. The van der Waals surface area contributed by atoms with E-state index in [1.54, 1.807) is 0 Å². The van der Waals surface area contributed by atoms with Crippen molar-refractivity contribution >= 4 is 17.5 Å². The summed E-state index contributed by atoms with van der Waals surface area (Å²) in [5.74, 6) is -4.82. The van der Waals surface area contributed by atoms with Gasteiger partial charge in [0.05, 0.1) is 5.38 Å². The zero-order chi connectivity index (χ0) is 13.3. The van der Waals surface area contributed by atoms with E-state index in [0.717, 1.165) is 12.8 Å². The fourth-order valence-electron chi connectivity index (χ4n) is 1.97. The molecule has 1 atom stereocenters. The molecule has 0 spiro atoms. The summed E-state index contributed by atoms with van der Waals surface area (Å²) in [5, 5.41) is -0.155. The van der Waals surface area contributed by atoms with E-state index in [4.69, 9.17) is 11.6 Å². The number of piperidine rings is 1. The molecule has 2 nitrogen and oxygen atoms in total. The second-order valence-corrected chi connectivity index (χ2v) is 4.86. The Hall–Kier alpha value is -1.23. The van der Waals surface area contributed by atoms with E-state index < -0.39 is 23.4 Å². The van der Waals surface area contributed by atoms with Crippen LogP contribution >= 0.6 is 11.6 Å². The molecule has 0 aliphatic carbocycles. The molecule has 0 radical (unpaired) electrons. The van der Waals surface area contributed by atoms with Crippen LogP contribution in [0.1, 0.15) is 23.2 Å². The lowest BCUT2D eigenvalue weighted by Gasteiger charge is -2.29. The van der Waals surface area contributed by atoms with Crippen molar-refractivity contribution < 1.29 is 18.0 Å². The first-order chi connectivity index (χ1) is 8.49. The SMILES string of the molecule is O=C(c1cc(F)c(F)c(F)c1)N1CCCC(Cl)C1. The van der Waals surface area contributed by atoms with Crippen molar-refractivity contribution in [2.24, 2.45) is 0 Å². The van der Waals surface area contributed by atoms with Gasteiger partial charge in [0, 0.05) is 18.7 Å². The van der Waals surface area contributed by atoms with Gasteiger partial charge in [-0.1, -0.05) is 0 Å². The van der Waals surface area contributed by atoms with Crippen LogP contribution in [0.15, 0.2) is 12.1 Å². The first kappa shape index (κ1) is 13.2. The lowest BCUT2D eigenvalue weighted by Crippen LogP contribution is -2.40. The molecule has 98 valence electrons. The van der Waals surface area contributed by atoms with E-state index in [9.17, 15) is 18.0 Å². The summed E-state index contributed by atoms with van der Waals surface area (Å²) in [4.78, 5) is 13.4. The number of carbonyl (C=O) groups excluding carboxylic acids is 1. The summed E-state index contributed by atoms with van der Waals surface area (Å²) in [7, 11) is 0. The molecule has 2 rings (SSSR count). The Morgan fingerprint density at radius 3 is 2.44 bits per heavy atom. The van der Waals surface area contributed by atoms with E-state index in [2.05, 4.69) is 0 Å². The van der Waals surface area contributed by atoms with Crippen molar-refractivity contribution in [1.82, 2.24) is 4.90 Å². The lowest BCUT2D eigenvalue weighted by molar-refractivity contribution is 0.0725. The van der Waals surface area contributed by atoms with Crippen LogP contribution in [0.2, 0.25) is 0 Å². The van der Waals surface area contributed by atoms with Crippen molar-refractivity contribution in [3.05, 3.63) is 35.1 Å². The standard InChI is InChI=1S/C12H11ClF3NO/c13-8-2-1-3-17(6-8)12(18)7-4-9(14)11(16)10(15)5-7/h4-5,8H,1-3,6H2. The van der Waals surface area contributed by atoms with Crippen LogP contribution in [-0.4, -0.2) is 29.3 Å². The molecule has 1 amide bonds. The summed E-state index contributed by atoms with van der Waals surface area (Å²) in [6.07, 6.45) is 1.55. The maximum atomic E-state index is 13.0. The molecule has 1 aromatic carbocycles. The van der Waals surface area contributed by atoms with E-state index in [1.165, 1.54) is 4.90 Å². The number of amides is 1. The first-order valence-electron chi connectivity index (χ1n) is 5.57. The predicted molar refractivity (Wildman–Crippen MR) is 61.1 cm³/mol. The number of hydrogen-bond acceptors (Lipinski definition) is 1. The maximum Gasteiger partial charge on any atom is 0.254 e. The third kappa shape index (κ3) is 2.61. The smallest absolute Gasteiger partial charge is 0.254 e. The molecule has 1 heterocycles. The molecule has 0 N–H and O–H groups in total. The number of carbonyl (C=O) groups is 1. The molecule has 0 saturated carbocycles. The van der Waals surface area contributed by atoms with E-state index in [1.807, 2.05) is 0 Å². The van der Waals surface area contributed by atoms with Gasteiger partial charge >= 0.3 is 0 Å². The Kier molecular flexibility index (Phi) is 3.80. The van der Waals surface area contributed by atoms with Crippen LogP contribution in [0.5, 0.6) is 0 Å². The minimum atomic E-state index is -1.57. The molecule has 6 heteroatoms. The number of nitrogens with zero attached hydrogens (tertiary/aromatic N) is 1. The molecule has 0 bridgehead atoms. The summed E-state index contributed by atoms with van der Waals surface area (Å²) in [5.41, 5.74) is -0.197. The molecule has 1 unspecified atom stereocenters. The van der Waals surface area contributed by atoms with Gasteiger partial charge in [-0.3, -0.25) is 4.79 Å². The Balaban J connectivity index is 2.23. The van der Waals surface area contributed by atoms with Crippen LogP contribution in [-0.2, 0) is 0 Å². The Labute approximate surface area is 107 Å². The number of benzene rings is 1. The van der Waals surface area contributed by atoms with Gasteiger partial charge in [0.2, 0.25) is 0 Å². The van der Waals surface area contributed by atoms with Gasteiger partial charge in [-0.25, -0.2) is 13.2 Å². The van der Waals surface area contributed by atoms with Crippen LogP contribution in [0.3, 0.4) is 0 Å². The average Bonchev–Trinajstić information content (AvgIpc) is 2.34. The van der Waals surface area contributed by atoms with Crippen molar-refractivity contribution in [3.63, 3.8) is 0 Å². The average molecular weight is 278 g/mol. The highest BCUT2D eigenvalue weighted by atomic mass is 35.5. The molecule has 1 fully saturated rings. The van der Waals surface area contributed by atoms with Gasteiger partial charge < -0.3 is 4.90 Å². The van der Waals surface area contributed by atoms with Crippen molar-refractivity contribution in [1.29, 1.82) is 0 Å². The quantitative estimate of drug-likeness (QED) is 0.571. The molecule has 1 aliphatic rings. The fraction of sp³-hybridized carbons (Fsp3) is 0.417. The highest BCUT2D eigenvalue weighted by Crippen LogP contribution is 2.19. The van der Waals surface area contributed by atoms with Crippen LogP contribution in [0.4, 0.5) is 13.2 Å². The van der Waals surface area contributed by atoms with E-state index in [-0.39, 0.29) is 10.9 Å². The summed E-state index contributed by atoms with van der Waals surface area (Å²) >= 11 is 5.93. The molecular formula is C12H11ClF3NO. The van der Waals surface area contributed by atoms with Crippen molar-refractivity contribution in [2.45, 2.75) is 18.2 Å². The Morgan fingerprint density at radius 2 is 1.89 bits per heavy atom. The monoisotopic (exact) mass is 277 g/mol. The summed E-state index contributed by atoms with van der Waals surface area (Å²) in [6.45, 7) is 0.823.